The van der Waals surface area contributed by atoms with Gasteiger partial charge in [-0.2, -0.15) is 0 Å². The van der Waals surface area contributed by atoms with Crippen LogP contribution < -0.4 is 16.4 Å². The zero-order chi connectivity index (χ0) is 14.4. The van der Waals surface area contributed by atoms with Crippen LogP contribution in [0.5, 0.6) is 0 Å². The molecule has 0 aromatic rings. The fourth-order valence-electron chi connectivity index (χ4n) is 2.42. The van der Waals surface area contributed by atoms with Crippen molar-refractivity contribution in [3.05, 3.63) is 0 Å². The molecular weight excluding hydrogens is 242 g/mol. The molecule has 5 heteroatoms. The highest BCUT2D eigenvalue weighted by molar-refractivity contribution is 5.87. The van der Waals surface area contributed by atoms with Gasteiger partial charge in [-0.15, -0.1) is 0 Å². The van der Waals surface area contributed by atoms with Gasteiger partial charge in [0.05, 0.1) is 12.6 Å². The van der Waals surface area contributed by atoms with Crippen LogP contribution in [-0.2, 0) is 9.59 Å². The molecule has 4 N–H and O–H groups in total. The number of amides is 2. The molecule has 0 aromatic carbocycles. The van der Waals surface area contributed by atoms with Crippen LogP contribution in [0.3, 0.4) is 0 Å². The van der Waals surface area contributed by atoms with E-state index in [0.29, 0.717) is 18.4 Å². The van der Waals surface area contributed by atoms with Crippen molar-refractivity contribution in [1.29, 1.82) is 0 Å². The van der Waals surface area contributed by atoms with Gasteiger partial charge < -0.3 is 16.4 Å². The largest absolute Gasteiger partial charge is 0.354 e. The zero-order valence-electron chi connectivity index (χ0n) is 12.2. The van der Waals surface area contributed by atoms with Gasteiger partial charge in [0.15, 0.2) is 0 Å². The average Bonchev–Trinajstić information content (AvgIpc) is 2.77. The van der Waals surface area contributed by atoms with Gasteiger partial charge in [0.25, 0.3) is 0 Å². The van der Waals surface area contributed by atoms with Crippen LogP contribution in [0.15, 0.2) is 0 Å². The smallest absolute Gasteiger partial charge is 0.239 e. The van der Waals surface area contributed by atoms with E-state index in [2.05, 4.69) is 17.6 Å². The second-order valence-corrected chi connectivity index (χ2v) is 5.96. The Morgan fingerprint density at radius 2 is 1.95 bits per heavy atom. The summed E-state index contributed by atoms with van der Waals surface area (Å²) in [6.45, 7) is 6.72. The first-order valence-corrected chi connectivity index (χ1v) is 7.21. The molecule has 2 amide bonds. The van der Waals surface area contributed by atoms with E-state index >= 15 is 0 Å². The predicted octanol–water partition coefficient (Wildman–Crippen LogP) is 0.638. The average molecular weight is 269 g/mol. The van der Waals surface area contributed by atoms with Crippen molar-refractivity contribution in [2.75, 3.05) is 13.1 Å². The fraction of sp³-hybridized carbons (Fsp3) is 0.857. The molecule has 1 rings (SSSR count). The lowest BCUT2D eigenvalue weighted by Gasteiger charge is -2.17. The molecule has 0 spiro atoms. The Morgan fingerprint density at radius 1 is 1.26 bits per heavy atom. The molecule has 0 bridgehead atoms. The van der Waals surface area contributed by atoms with E-state index in [1.165, 1.54) is 19.3 Å². The Bertz CT molecular complexity index is 318. The number of hydrogen-bond acceptors (Lipinski definition) is 3. The van der Waals surface area contributed by atoms with Crippen LogP contribution in [0.4, 0.5) is 0 Å². The third-order valence-corrected chi connectivity index (χ3v) is 4.04. The highest BCUT2D eigenvalue weighted by Crippen LogP contribution is 2.30. The number of carbonyl (C=O) groups excluding carboxylic acids is 2. The molecule has 0 aliphatic heterocycles. The van der Waals surface area contributed by atoms with Crippen LogP contribution in [0.25, 0.3) is 0 Å². The molecule has 1 fully saturated rings. The first-order valence-electron chi connectivity index (χ1n) is 7.21. The van der Waals surface area contributed by atoms with E-state index < -0.39 is 6.04 Å². The molecule has 19 heavy (non-hydrogen) atoms. The maximum absolute atomic E-state index is 11.6. The predicted molar refractivity (Wildman–Crippen MR) is 75.3 cm³/mol. The molecule has 0 heterocycles. The number of nitrogens with one attached hydrogen (secondary N) is 2. The summed E-state index contributed by atoms with van der Waals surface area (Å²) >= 11 is 0. The maximum Gasteiger partial charge on any atom is 0.239 e. The minimum atomic E-state index is -0.553. The molecule has 0 aromatic heterocycles. The van der Waals surface area contributed by atoms with Crippen molar-refractivity contribution in [3.8, 4) is 0 Å². The van der Waals surface area contributed by atoms with Crippen molar-refractivity contribution in [2.24, 2.45) is 23.5 Å². The Kier molecular flexibility index (Phi) is 6.28. The Labute approximate surface area is 115 Å². The summed E-state index contributed by atoms with van der Waals surface area (Å²) in [6.07, 6.45) is 3.69. The standard InChI is InChI=1S/C14H27N3O2/c1-9(2)13(15)14(19)17-8-12(18)16-7-11-6-4-5-10(11)3/h9-11,13H,4-8,15H2,1-3H3,(H,16,18)(H,17,19)/t10?,11?,13-/m0/s1. The summed E-state index contributed by atoms with van der Waals surface area (Å²) in [5.74, 6) is 0.937. The zero-order valence-corrected chi connectivity index (χ0v) is 12.2. The number of carbonyl (C=O) groups is 2. The summed E-state index contributed by atoms with van der Waals surface area (Å²) in [5, 5.41) is 5.46. The second kappa shape index (κ2) is 7.48. The normalized spacial score (nSPS) is 24.3. The number of nitrogens with two attached hydrogens (primary N) is 1. The quantitative estimate of drug-likeness (QED) is 0.661. The topological polar surface area (TPSA) is 84.2 Å². The van der Waals surface area contributed by atoms with E-state index in [0.717, 1.165) is 0 Å². The van der Waals surface area contributed by atoms with Gasteiger partial charge in [0.1, 0.15) is 0 Å². The van der Waals surface area contributed by atoms with Gasteiger partial charge in [-0.1, -0.05) is 33.6 Å². The van der Waals surface area contributed by atoms with Crippen LogP contribution in [0.2, 0.25) is 0 Å². The lowest BCUT2D eigenvalue weighted by Crippen LogP contribution is -2.47. The van der Waals surface area contributed by atoms with E-state index in [1.807, 2.05) is 13.8 Å². The van der Waals surface area contributed by atoms with E-state index in [-0.39, 0.29) is 24.3 Å². The molecule has 110 valence electrons. The Morgan fingerprint density at radius 3 is 2.47 bits per heavy atom. The first-order chi connectivity index (χ1) is 8.91. The van der Waals surface area contributed by atoms with Gasteiger partial charge >= 0.3 is 0 Å². The highest BCUT2D eigenvalue weighted by atomic mass is 16.2. The number of hydrogen-bond donors (Lipinski definition) is 3. The lowest BCUT2D eigenvalue weighted by atomic mass is 9.98. The van der Waals surface area contributed by atoms with Crippen LogP contribution in [0, 0.1) is 17.8 Å². The van der Waals surface area contributed by atoms with E-state index in [9.17, 15) is 9.59 Å². The monoisotopic (exact) mass is 269 g/mol. The van der Waals surface area contributed by atoms with Crippen molar-refractivity contribution in [1.82, 2.24) is 10.6 Å². The summed E-state index contributed by atoms with van der Waals surface area (Å²) in [7, 11) is 0. The minimum Gasteiger partial charge on any atom is -0.354 e. The van der Waals surface area contributed by atoms with Crippen LogP contribution >= 0.6 is 0 Å². The van der Waals surface area contributed by atoms with Crippen molar-refractivity contribution in [3.63, 3.8) is 0 Å². The van der Waals surface area contributed by atoms with Gasteiger partial charge in [-0.3, -0.25) is 9.59 Å². The molecule has 1 saturated carbocycles. The molecule has 1 aliphatic rings. The second-order valence-electron chi connectivity index (χ2n) is 5.96. The Hall–Kier alpha value is -1.10. The molecule has 5 nitrogen and oxygen atoms in total. The molecular formula is C14H27N3O2. The van der Waals surface area contributed by atoms with Crippen molar-refractivity contribution < 1.29 is 9.59 Å². The van der Waals surface area contributed by atoms with Crippen LogP contribution in [0.1, 0.15) is 40.0 Å². The summed E-state index contributed by atoms with van der Waals surface area (Å²) in [4.78, 5) is 23.2. The third-order valence-electron chi connectivity index (χ3n) is 4.04. The van der Waals surface area contributed by atoms with Gasteiger partial charge in [-0.25, -0.2) is 0 Å². The van der Waals surface area contributed by atoms with Gasteiger partial charge in [0.2, 0.25) is 11.8 Å². The lowest BCUT2D eigenvalue weighted by molar-refractivity contribution is -0.127. The van der Waals surface area contributed by atoms with Crippen molar-refractivity contribution >= 4 is 11.8 Å². The van der Waals surface area contributed by atoms with E-state index in [4.69, 9.17) is 5.73 Å². The molecule has 0 radical (unpaired) electrons. The Balaban J connectivity index is 2.19. The van der Waals surface area contributed by atoms with Gasteiger partial charge in [-0.05, 0) is 24.2 Å². The summed E-state index contributed by atoms with van der Waals surface area (Å²) < 4.78 is 0. The minimum absolute atomic E-state index is 0.0142. The third kappa shape index (κ3) is 5.19. The van der Waals surface area contributed by atoms with Crippen LogP contribution in [-0.4, -0.2) is 30.9 Å². The molecule has 2 unspecified atom stereocenters. The first kappa shape index (κ1) is 16.0. The summed E-state index contributed by atoms with van der Waals surface area (Å²) in [6, 6.07) is -0.553. The maximum atomic E-state index is 11.6. The molecule has 3 atom stereocenters. The SMILES string of the molecule is CC1CCCC1CNC(=O)CNC(=O)[C@@H](N)C(C)C. The highest BCUT2D eigenvalue weighted by Gasteiger charge is 2.23. The van der Waals surface area contributed by atoms with Gasteiger partial charge in [0, 0.05) is 6.54 Å². The van der Waals surface area contributed by atoms with E-state index in [1.54, 1.807) is 0 Å². The van der Waals surface area contributed by atoms with Crippen molar-refractivity contribution in [2.45, 2.75) is 46.1 Å². The fourth-order valence-corrected chi connectivity index (χ4v) is 2.42. The molecule has 1 aliphatic carbocycles. The number of rotatable bonds is 6. The summed E-state index contributed by atoms with van der Waals surface area (Å²) in [5.41, 5.74) is 5.69. The molecule has 0 saturated heterocycles.